The predicted octanol–water partition coefficient (Wildman–Crippen LogP) is 5.98. The van der Waals surface area contributed by atoms with Gasteiger partial charge in [-0.1, -0.05) is 61.5 Å². The maximum atomic E-state index is 10.4. The van der Waals surface area contributed by atoms with Gasteiger partial charge in [0.1, 0.15) is 0 Å². The molecule has 3 unspecified atom stereocenters. The number of ether oxygens (including phenoxy) is 1. The number of anilines is 1. The van der Waals surface area contributed by atoms with Crippen molar-refractivity contribution < 1.29 is 9.84 Å². The summed E-state index contributed by atoms with van der Waals surface area (Å²) in [5.41, 5.74) is 9.19. The first-order valence-corrected chi connectivity index (χ1v) is 14.6. The molecule has 3 atom stereocenters. The Labute approximate surface area is 232 Å². The Hall–Kier alpha value is -3.12. The number of para-hydroxylation sites is 1. The first-order valence-electron chi connectivity index (χ1n) is 14.6. The van der Waals surface area contributed by atoms with Gasteiger partial charge in [-0.25, -0.2) is 0 Å². The van der Waals surface area contributed by atoms with Crippen LogP contribution in [0.2, 0.25) is 0 Å². The third kappa shape index (κ3) is 4.57. The molecule has 204 valence electrons. The average Bonchev–Trinajstić information content (AvgIpc) is 3.46. The van der Waals surface area contributed by atoms with Gasteiger partial charge < -0.3 is 19.3 Å². The van der Waals surface area contributed by atoms with E-state index in [1.54, 1.807) is 0 Å². The van der Waals surface area contributed by atoms with Gasteiger partial charge in [0.2, 0.25) is 0 Å². The van der Waals surface area contributed by atoms with E-state index >= 15 is 0 Å². The summed E-state index contributed by atoms with van der Waals surface area (Å²) >= 11 is 0. The van der Waals surface area contributed by atoms with Gasteiger partial charge in [-0.15, -0.1) is 0 Å². The molecule has 5 nitrogen and oxygen atoms in total. The Morgan fingerprint density at radius 1 is 0.949 bits per heavy atom. The van der Waals surface area contributed by atoms with Crippen LogP contribution >= 0.6 is 0 Å². The highest BCUT2D eigenvalue weighted by Crippen LogP contribution is 2.48. The van der Waals surface area contributed by atoms with Gasteiger partial charge in [0.05, 0.1) is 37.6 Å². The Balaban J connectivity index is 1.35. The second kappa shape index (κ2) is 11.2. The van der Waals surface area contributed by atoms with Gasteiger partial charge in [0, 0.05) is 36.1 Å². The molecule has 0 amide bonds. The summed E-state index contributed by atoms with van der Waals surface area (Å²) in [5, 5.41) is 11.7. The molecule has 4 aromatic rings. The van der Waals surface area contributed by atoms with E-state index in [4.69, 9.17) is 4.74 Å². The van der Waals surface area contributed by atoms with Crippen LogP contribution in [0.25, 0.3) is 22.2 Å². The Morgan fingerprint density at radius 3 is 2.51 bits per heavy atom. The van der Waals surface area contributed by atoms with Gasteiger partial charge in [-0.3, -0.25) is 4.90 Å². The van der Waals surface area contributed by atoms with Crippen molar-refractivity contribution in [3.05, 3.63) is 89.5 Å². The smallest absolute Gasteiger partial charge is 0.0717 e. The number of aliphatic hydroxyl groups excluding tert-OH is 1. The number of aliphatic hydroxyl groups is 1. The number of likely N-dealkylation sites (N-methyl/N-ethyl adjacent to an activating group) is 2. The van der Waals surface area contributed by atoms with Crippen molar-refractivity contribution in [2.24, 2.45) is 7.05 Å². The number of aryl methyl sites for hydroxylation is 1. The second-order valence-electron chi connectivity index (χ2n) is 11.0. The quantitative estimate of drug-likeness (QED) is 0.274. The molecule has 2 aliphatic rings. The van der Waals surface area contributed by atoms with E-state index in [9.17, 15) is 5.11 Å². The first kappa shape index (κ1) is 26.1. The van der Waals surface area contributed by atoms with Crippen LogP contribution < -0.4 is 4.90 Å². The topological polar surface area (TPSA) is 40.9 Å². The zero-order chi connectivity index (χ0) is 26.9. The van der Waals surface area contributed by atoms with Crippen LogP contribution in [-0.4, -0.2) is 59.5 Å². The molecule has 39 heavy (non-hydrogen) atoms. The molecule has 5 heteroatoms. The van der Waals surface area contributed by atoms with E-state index in [1.165, 1.54) is 44.5 Å². The minimum absolute atomic E-state index is 0.180. The van der Waals surface area contributed by atoms with Crippen molar-refractivity contribution in [1.29, 1.82) is 0 Å². The minimum Gasteiger partial charge on any atom is -0.395 e. The van der Waals surface area contributed by atoms with E-state index in [-0.39, 0.29) is 12.6 Å². The van der Waals surface area contributed by atoms with Crippen molar-refractivity contribution in [1.82, 2.24) is 9.47 Å². The molecule has 3 aromatic carbocycles. The zero-order valence-electron chi connectivity index (χ0n) is 23.5. The van der Waals surface area contributed by atoms with Crippen molar-refractivity contribution in [3.63, 3.8) is 0 Å². The van der Waals surface area contributed by atoms with Gasteiger partial charge in [0.25, 0.3) is 0 Å². The SMILES string of the molecule is CCN1CCC2c3cc(-c4c(CCOCc5ccccc5)c5ccccc5n4C)ccc3N(CC)C2C1CO. The summed E-state index contributed by atoms with van der Waals surface area (Å²) in [6.07, 6.45) is 2.00. The van der Waals surface area contributed by atoms with Crippen molar-refractivity contribution in [2.45, 2.75) is 51.3 Å². The third-order valence-corrected chi connectivity index (χ3v) is 9.13. The Bertz CT molecular complexity index is 1430. The lowest BCUT2D eigenvalue weighted by atomic mass is 9.83. The normalized spacial score (nSPS) is 20.9. The van der Waals surface area contributed by atoms with Crippen LogP contribution in [-0.2, 0) is 24.8 Å². The molecular weight excluding hydrogens is 482 g/mol. The molecule has 6 rings (SSSR count). The maximum Gasteiger partial charge on any atom is 0.0717 e. The van der Waals surface area contributed by atoms with Gasteiger partial charge >= 0.3 is 0 Å². The summed E-state index contributed by atoms with van der Waals surface area (Å²) in [5.74, 6) is 0.451. The highest BCUT2D eigenvalue weighted by Gasteiger charge is 2.46. The van der Waals surface area contributed by atoms with E-state index < -0.39 is 0 Å². The van der Waals surface area contributed by atoms with E-state index in [2.05, 4.69) is 102 Å². The summed E-state index contributed by atoms with van der Waals surface area (Å²) in [6.45, 7) is 8.97. The number of hydrogen-bond donors (Lipinski definition) is 1. The zero-order valence-corrected chi connectivity index (χ0v) is 23.5. The highest BCUT2D eigenvalue weighted by molar-refractivity contribution is 5.92. The lowest BCUT2D eigenvalue weighted by molar-refractivity contribution is 0.0703. The molecule has 0 saturated carbocycles. The molecule has 0 spiro atoms. The maximum absolute atomic E-state index is 10.4. The van der Waals surface area contributed by atoms with Gasteiger partial charge in [0.15, 0.2) is 0 Å². The van der Waals surface area contributed by atoms with E-state index in [0.29, 0.717) is 25.2 Å². The van der Waals surface area contributed by atoms with Crippen LogP contribution in [0.3, 0.4) is 0 Å². The molecule has 1 N–H and O–H groups in total. The van der Waals surface area contributed by atoms with Gasteiger partial charge in [-0.05, 0) is 73.3 Å². The van der Waals surface area contributed by atoms with Crippen LogP contribution in [0.15, 0.2) is 72.8 Å². The number of aromatic nitrogens is 1. The fourth-order valence-electron chi connectivity index (χ4n) is 7.34. The number of hydrogen-bond acceptors (Lipinski definition) is 4. The highest BCUT2D eigenvalue weighted by atomic mass is 16.5. The Kier molecular flexibility index (Phi) is 7.48. The van der Waals surface area contributed by atoms with Crippen LogP contribution in [0, 0.1) is 0 Å². The Morgan fingerprint density at radius 2 is 1.74 bits per heavy atom. The molecule has 1 fully saturated rings. The number of fused-ring (bicyclic) bond motifs is 4. The fraction of sp³-hybridized carbons (Fsp3) is 0.412. The monoisotopic (exact) mass is 523 g/mol. The van der Waals surface area contributed by atoms with Crippen molar-refractivity contribution >= 4 is 16.6 Å². The average molecular weight is 524 g/mol. The molecule has 1 saturated heterocycles. The molecule has 0 radical (unpaired) electrons. The lowest BCUT2D eigenvalue weighted by Crippen LogP contribution is -2.57. The second-order valence-corrected chi connectivity index (χ2v) is 11.0. The van der Waals surface area contributed by atoms with Crippen LogP contribution in [0.4, 0.5) is 5.69 Å². The van der Waals surface area contributed by atoms with Crippen LogP contribution in [0.1, 0.15) is 42.9 Å². The first-order chi connectivity index (χ1) is 19.2. The third-order valence-electron chi connectivity index (χ3n) is 9.13. The summed E-state index contributed by atoms with van der Waals surface area (Å²) < 4.78 is 8.51. The van der Waals surface area contributed by atoms with E-state index in [1.807, 2.05) is 6.07 Å². The summed E-state index contributed by atoms with van der Waals surface area (Å²) in [4.78, 5) is 5.01. The number of rotatable bonds is 9. The molecule has 1 aromatic heterocycles. The van der Waals surface area contributed by atoms with Crippen LogP contribution in [0.5, 0.6) is 0 Å². The predicted molar refractivity (Wildman–Crippen MR) is 160 cm³/mol. The van der Waals surface area contributed by atoms with Crippen molar-refractivity contribution in [2.75, 3.05) is 37.7 Å². The standard InChI is InChI=1S/C34H41N3O2/c1-4-36-19-17-27-29-21-25(15-16-31(29)37(5-2)34(27)32(36)22-38)33-28(26-13-9-10-14-30(26)35(33)3)18-20-39-23-24-11-7-6-8-12-24/h6-16,21,27,32,34,38H,4-5,17-20,22-23H2,1-3H3. The number of likely N-dealkylation sites (tertiary alicyclic amines) is 1. The molecule has 0 aliphatic carbocycles. The van der Waals surface area contributed by atoms with Gasteiger partial charge in [-0.2, -0.15) is 0 Å². The lowest BCUT2D eigenvalue weighted by Gasteiger charge is -2.45. The van der Waals surface area contributed by atoms with E-state index in [0.717, 1.165) is 32.5 Å². The number of nitrogens with zero attached hydrogens (tertiary/aromatic N) is 3. The molecule has 2 aliphatic heterocycles. The molecular formula is C34H41N3O2. The summed E-state index contributed by atoms with van der Waals surface area (Å²) in [6, 6.07) is 26.8. The largest absolute Gasteiger partial charge is 0.395 e. The number of benzene rings is 3. The molecule has 3 heterocycles. The minimum atomic E-state index is 0.180. The van der Waals surface area contributed by atoms with Crippen molar-refractivity contribution in [3.8, 4) is 11.3 Å². The summed E-state index contributed by atoms with van der Waals surface area (Å²) in [7, 11) is 2.20. The number of piperidine rings is 1. The fourth-order valence-corrected chi connectivity index (χ4v) is 7.34. The molecule has 0 bridgehead atoms.